The van der Waals surface area contributed by atoms with Gasteiger partial charge in [0.25, 0.3) is 15.9 Å². The van der Waals surface area contributed by atoms with Gasteiger partial charge in [0, 0.05) is 17.8 Å². The van der Waals surface area contributed by atoms with E-state index < -0.39 is 10.0 Å². The van der Waals surface area contributed by atoms with Crippen LogP contribution in [0.4, 0.5) is 10.8 Å². The average Bonchev–Trinajstić information content (AvgIpc) is 3.33. The minimum absolute atomic E-state index is 0.144. The SMILES string of the molecule is COc1ccc(Cl)c2sc(N(CCCN(C)C)C(=O)c3cccc(NS(=O)(=O)c4ccc(C)cc4)c3)nc12. The number of halogens is 1. The maximum atomic E-state index is 13.8. The number of fused-ring (bicyclic) bond motifs is 1. The Morgan fingerprint density at radius 2 is 1.82 bits per heavy atom. The second kappa shape index (κ2) is 11.7. The van der Waals surface area contributed by atoms with Crippen molar-refractivity contribution in [3.63, 3.8) is 0 Å². The Morgan fingerprint density at radius 3 is 2.50 bits per heavy atom. The molecule has 1 heterocycles. The molecular weight excluding hydrogens is 544 g/mol. The number of carbonyl (C=O) groups excluding carboxylic acids is 1. The molecule has 200 valence electrons. The first-order valence-electron chi connectivity index (χ1n) is 11.9. The predicted octanol–water partition coefficient (Wildman–Crippen LogP) is 5.67. The lowest BCUT2D eigenvalue weighted by atomic mass is 10.1. The second-order valence-corrected chi connectivity index (χ2v) is 12.1. The van der Waals surface area contributed by atoms with E-state index in [1.165, 1.54) is 17.4 Å². The van der Waals surface area contributed by atoms with Crippen molar-refractivity contribution in [1.82, 2.24) is 9.88 Å². The largest absolute Gasteiger partial charge is 0.494 e. The summed E-state index contributed by atoms with van der Waals surface area (Å²) in [6.07, 6.45) is 0.708. The van der Waals surface area contributed by atoms with Crippen molar-refractivity contribution in [2.24, 2.45) is 0 Å². The molecule has 1 aromatic heterocycles. The number of thiazole rings is 1. The zero-order chi connectivity index (χ0) is 27.4. The van der Waals surface area contributed by atoms with E-state index in [0.29, 0.717) is 45.6 Å². The Bertz CT molecular complexity index is 1550. The van der Waals surface area contributed by atoms with Crippen LogP contribution in [-0.2, 0) is 10.0 Å². The molecule has 4 rings (SSSR count). The summed E-state index contributed by atoms with van der Waals surface area (Å²) in [5, 5.41) is 1.01. The van der Waals surface area contributed by atoms with Gasteiger partial charge >= 0.3 is 0 Å². The third-order valence-electron chi connectivity index (χ3n) is 5.82. The van der Waals surface area contributed by atoms with Crippen LogP contribution in [0.3, 0.4) is 0 Å². The van der Waals surface area contributed by atoms with Gasteiger partial charge in [0.05, 0.1) is 21.7 Å². The molecule has 0 saturated heterocycles. The van der Waals surface area contributed by atoms with E-state index in [1.807, 2.05) is 25.9 Å². The van der Waals surface area contributed by atoms with E-state index in [4.69, 9.17) is 21.3 Å². The summed E-state index contributed by atoms with van der Waals surface area (Å²) in [6, 6.07) is 16.5. The molecule has 1 amide bonds. The summed E-state index contributed by atoms with van der Waals surface area (Å²) in [4.78, 5) is 22.3. The molecule has 0 radical (unpaired) electrons. The van der Waals surface area contributed by atoms with Gasteiger partial charge in [-0.25, -0.2) is 13.4 Å². The number of benzene rings is 3. The van der Waals surface area contributed by atoms with E-state index in [9.17, 15) is 13.2 Å². The summed E-state index contributed by atoms with van der Waals surface area (Å²) in [5.74, 6) is 0.273. The number of sulfonamides is 1. The second-order valence-electron chi connectivity index (χ2n) is 9.04. The molecule has 0 fully saturated rings. The molecule has 38 heavy (non-hydrogen) atoms. The van der Waals surface area contributed by atoms with Gasteiger partial charge in [-0.3, -0.25) is 14.4 Å². The minimum Gasteiger partial charge on any atom is -0.494 e. The standard InChI is InChI=1S/C27H29ClN4O4S2/c1-18-9-11-21(12-10-18)38(34,35)30-20-8-5-7-19(17-20)26(33)32(16-6-15-31(2)3)27-29-24-23(36-4)14-13-22(28)25(24)37-27/h5,7-14,17,30H,6,15-16H2,1-4H3. The van der Waals surface area contributed by atoms with Crippen LogP contribution in [0.15, 0.2) is 65.6 Å². The Kier molecular flexibility index (Phi) is 8.57. The van der Waals surface area contributed by atoms with Crippen molar-refractivity contribution < 1.29 is 17.9 Å². The molecular formula is C27H29ClN4O4S2. The number of nitrogens with zero attached hydrogens (tertiary/aromatic N) is 3. The molecule has 0 aliphatic heterocycles. The first-order chi connectivity index (χ1) is 18.1. The molecule has 0 aliphatic carbocycles. The van der Waals surface area contributed by atoms with E-state index in [1.54, 1.807) is 66.6 Å². The molecule has 0 saturated carbocycles. The lowest BCUT2D eigenvalue weighted by molar-refractivity contribution is 0.0986. The third-order valence-corrected chi connectivity index (χ3v) is 8.76. The normalized spacial score (nSPS) is 11.6. The average molecular weight is 573 g/mol. The molecule has 8 nitrogen and oxygen atoms in total. The van der Waals surface area contributed by atoms with Crippen molar-refractivity contribution in [2.45, 2.75) is 18.2 Å². The number of methoxy groups -OCH3 is 1. The zero-order valence-electron chi connectivity index (χ0n) is 21.6. The topological polar surface area (TPSA) is 91.8 Å². The highest BCUT2D eigenvalue weighted by atomic mass is 35.5. The van der Waals surface area contributed by atoms with Gasteiger partial charge in [-0.2, -0.15) is 0 Å². The number of aromatic nitrogens is 1. The van der Waals surface area contributed by atoms with Crippen molar-refractivity contribution in [3.05, 3.63) is 76.8 Å². The lowest BCUT2D eigenvalue weighted by Gasteiger charge is -2.21. The highest BCUT2D eigenvalue weighted by Gasteiger charge is 2.24. The Morgan fingerprint density at radius 1 is 1.08 bits per heavy atom. The van der Waals surface area contributed by atoms with Gasteiger partial charge in [0.1, 0.15) is 11.3 Å². The molecule has 3 aromatic carbocycles. The number of hydrogen-bond donors (Lipinski definition) is 1. The Hall–Kier alpha value is -3.18. The molecule has 0 aliphatic rings. The zero-order valence-corrected chi connectivity index (χ0v) is 24.0. The lowest BCUT2D eigenvalue weighted by Crippen LogP contribution is -2.33. The Balaban J connectivity index is 1.67. The van der Waals surface area contributed by atoms with Gasteiger partial charge in [-0.05, 0) is 76.4 Å². The number of rotatable bonds is 10. The Labute approximate surface area is 231 Å². The summed E-state index contributed by atoms with van der Waals surface area (Å²) in [6.45, 7) is 3.07. The number of hydrogen-bond acceptors (Lipinski definition) is 7. The predicted molar refractivity (Wildman–Crippen MR) is 154 cm³/mol. The van der Waals surface area contributed by atoms with E-state index >= 15 is 0 Å². The smallest absolute Gasteiger partial charge is 0.261 e. The fourth-order valence-electron chi connectivity index (χ4n) is 3.85. The molecule has 1 N–H and O–H groups in total. The number of carbonyl (C=O) groups is 1. The monoisotopic (exact) mass is 572 g/mol. The maximum Gasteiger partial charge on any atom is 0.261 e. The van der Waals surface area contributed by atoms with Crippen molar-refractivity contribution in [1.29, 1.82) is 0 Å². The van der Waals surface area contributed by atoms with Crippen LogP contribution in [0.5, 0.6) is 5.75 Å². The van der Waals surface area contributed by atoms with Gasteiger partial charge < -0.3 is 9.64 Å². The number of ether oxygens (including phenoxy) is 1. The fraction of sp³-hybridized carbons (Fsp3) is 0.259. The van der Waals surface area contributed by atoms with E-state index in [0.717, 1.165) is 16.8 Å². The van der Waals surface area contributed by atoms with Gasteiger partial charge in [0.2, 0.25) is 0 Å². The first kappa shape index (κ1) is 27.8. The molecule has 0 atom stereocenters. The van der Waals surface area contributed by atoms with Crippen molar-refractivity contribution >= 4 is 59.9 Å². The molecule has 0 unspecified atom stereocenters. The maximum absolute atomic E-state index is 13.8. The summed E-state index contributed by atoms with van der Waals surface area (Å²) < 4.78 is 34.6. The van der Waals surface area contributed by atoms with Crippen LogP contribution >= 0.6 is 22.9 Å². The van der Waals surface area contributed by atoms with Gasteiger partial charge in [0.15, 0.2) is 5.13 Å². The van der Waals surface area contributed by atoms with Crippen LogP contribution < -0.4 is 14.4 Å². The molecule has 0 spiro atoms. The van der Waals surface area contributed by atoms with Crippen LogP contribution in [0.1, 0.15) is 22.3 Å². The number of aryl methyl sites for hydroxylation is 1. The van der Waals surface area contributed by atoms with Crippen LogP contribution in [-0.4, -0.2) is 58.5 Å². The fourth-order valence-corrected chi connectivity index (χ4v) is 6.18. The molecule has 0 bridgehead atoms. The quantitative estimate of drug-likeness (QED) is 0.263. The third kappa shape index (κ3) is 6.27. The van der Waals surface area contributed by atoms with Gasteiger partial charge in [-0.1, -0.05) is 46.7 Å². The highest BCUT2D eigenvalue weighted by molar-refractivity contribution is 7.92. The van der Waals surface area contributed by atoms with Crippen LogP contribution in [0.25, 0.3) is 10.2 Å². The highest BCUT2D eigenvalue weighted by Crippen LogP contribution is 2.39. The van der Waals surface area contributed by atoms with E-state index in [-0.39, 0.29) is 10.8 Å². The van der Waals surface area contributed by atoms with Crippen molar-refractivity contribution in [3.8, 4) is 5.75 Å². The van der Waals surface area contributed by atoms with Crippen molar-refractivity contribution in [2.75, 3.05) is 43.9 Å². The summed E-state index contributed by atoms with van der Waals surface area (Å²) >= 11 is 7.74. The number of nitrogens with one attached hydrogen (secondary N) is 1. The van der Waals surface area contributed by atoms with Crippen LogP contribution in [0, 0.1) is 6.92 Å². The van der Waals surface area contributed by atoms with E-state index in [2.05, 4.69) is 4.72 Å². The summed E-state index contributed by atoms with van der Waals surface area (Å²) in [5.41, 5.74) is 2.17. The minimum atomic E-state index is -3.82. The number of anilines is 2. The molecule has 4 aromatic rings. The number of amides is 1. The summed E-state index contributed by atoms with van der Waals surface area (Å²) in [7, 11) is 1.68. The molecule has 11 heteroatoms. The first-order valence-corrected chi connectivity index (χ1v) is 14.6. The van der Waals surface area contributed by atoms with Gasteiger partial charge in [-0.15, -0.1) is 0 Å². The van der Waals surface area contributed by atoms with Crippen LogP contribution in [0.2, 0.25) is 5.02 Å².